The van der Waals surface area contributed by atoms with Gasteiger partial charge in [-0.1, -0.05) is 12.1 Å². The van der Waals surface area contributed by atoms with Crippen LogP contribution >= 0.6 is 0 Å². The molecule has 1 aliphatic heterocycles. The lowest BCUT2D eigenvalue weighted by Crippen LogP contribution is -2.36. The summed E-state index contributed by atoms with van der Waals surface area (Å²) in [5, 5.41) is 3.29. The van der Waals surface area contributed by atoms with Crippen LogP contribution in [0.5, 0.6) is 5.75 Å². The molecule has 1 N–H and O–H groups in total. The van der Waals surface area contributed by atoms with Crippen molar-refractivity contribution in [2.75, 3.05) is 25.5 Å². The molecule has 1 fully saturated rings. The van der Waals surface area contributed by atoms with Crippen molar-refractivity contribution in [2.45, 2.75) is 19.3 Å². The summed E-state index contributed by atoms with van der Waals surface area (Å²) in [4.78, 5) is 18.7. The smallest absolute Gasteiger partial charge is 0.272 e. The van der Waals surface area contributed by atoms with Crippen LogP contribution in [0.1, 0.15) is 29.8 Å². The number of carbonyl (C=O) groups is 1. The monoisotopic (exact) mass is 311 g/mol. The largest absolute Gasteiger partial charge is 0.495 e. The van der Waals surface area contributed by atoms with Gasteiger partial charge >= 0.3 is 0 Å². The molecule has 1 amide bonds. The first kappa shape index (κ1) is 15.3. The number of hydrogen-bond donors (Lipinski definition) is 1. The molecule has 23 heavy (non-hydrogen) atoms. The summed E-state index contributed by atoms with van der Waals surface area (Å²) < 4.78 is 5.34. The van der Waals surface area contributed by atoms with Gasteiger partial charge in [-0.05, 0) is 43.5 Å². The summed E-state index contributed by atoms with van der Waals surface area (Å²) in [5.41, 5.74) is 2.16. The van der Waals surface area contributed by atoms with Crippen molar-refractivity contribution in [2.24, 2.45) is 0 Å². The Kier molecular flexibility index (Phi) is 4.76. The van der Waals surface area contributed by atoms with Gasteiger partial charge in [-0.2, -0.15) is 0 Å². The van der Waals surface area contributed by atoms with E-state index >= 15 is 0 Å². The molecule has 1 saturated heterocycles. The van der Waals surface area contributed by atoms with E-state index < -0.39 is 0 Å². The van der Waals surface area contributed by atoms with Gasteiger partial charge in [0.05, 0.1) is 12.8 Å². The van der Waals surface area contributed by atoms with Gasteiger partial charge in [-0.3, -0.25) is 9.78 Å². The first-order valence-electron chi connectivity index (χ1n) is 7.93. The number of hydrogen-bond acceptors (Lipinski definition) is 4. The molecule has 0 aliphatic carbocycles. The number of methoxy groups -OCH3 is 1. The molecule has 0 radical (unpaired) electrons. The van der Waals surface area contributed by atoms with E-state index in [1.54, 1.807) is 19.4 Å². The summed E-state index contributed by atoms with van der Waals surface area (Å²) in [6, 6.07) is 11.3. The highest BCUT2D eigenvalue weighted by Gasteiger charge is 2.19. The Morgan fingerprint density at radius 1 is 1.17 bits per heavy atom. The minimum atomic E-state index is 0.00776. The van der Waals surface area contributed by atoms with Crippen LogP contribution in [-0.4, -0.2) is 36.0 Å². The lowest BCUT2D eigenvalue weighted by molar-refractivity contribution is 0.0718. The Bertz CT molecular complexity index is 681. The van der Waals surface area contributed by atoms with E-state index in [2.05, 4.69) is 10.3 Å². The number of rotatable bonds is 4. The topological polar surface area (TPSA) is 54.5 Å². The van der Waals surface area contributed by atoms with Crippen molar-refractivity contribution < 1.29 is 9.53 Å². The molecule has 0 bridgehead atoms. The zero-order valence-electron chi connectivity index (χ0n) is 13.3. The number of benzene rings is 1. The average Bonchev–Trinajstić information content (AvgIpc) is 2.62. The molecular weight excluding hydrogens is 290 g/mol. The predicted molar refractivity (Wildman–Crippen MR) is 90.3 cm³/mol. The van der Waals surface area contributed by atoms with E-state index in [-0.39, 0.29) is 5.91 Å². The van der Waals surface area contributed by atoms with Gasteiger partial charge in [-0.15, -0.1) is 0 Å². The number of amides is 1. The van der Waals surface area contributed by atoms with Gasteiger partial charge in [0.25, 0.3) is 5.91 Å². The fourth-order valence-electron chi connectivity index (χ4n) is 2.79. The molecule has 1 aliphatic rings. The average molecular weight is 311 g/mol. The van der Waals surface area contributed by atoms with Gasteiger partial charge in [-0.25, -0.2) is 0 Å². The highest BCUT2D eigenvalue weighted by molar-refractivity contribution is 5.93. The molecule has 2 aromatic rings. The summed E-state index contributed by atoms with van der Waals surface area (Å²) in [6.45, 7) is 1.65. The van der Waals surface area contributed by atoms with Crippen LogP contribution in [0.4, 0.5) is 11.4 Å². The summed E-state index contributed by atoms with van der Waals surface area (Å²) in [5.74, 6) is 0.765. The molecule has 0 unspecified atom stereocenters. The van der Waals surface area contributed by atoms with Crippen molar-refractivity contribution in [3.05, 3.63) is 48.3 Å². The first-order chi connectivity index (χ1) is 11.3. The SMILES string of the molecule is COc1ccccc1Nc1ccnc(C(=O)N2CCCCC2)c1. The van der Waals surface area contributed by atoms with Crippen molar-refractivity contribution in [1.29, 1.82) is 0 Å². The van der Waals surface area contributed by atoms with Crippen molar-refractivity contribution >= 4 is 17.3 Å². The third-order valence-corrected chi connectivity index (χ3v) is 4.01. The number of pyridine rings is 1. The maximum atomic E-state index is 12.5. The molecule has 120 valence electrons. The number of anilines is 2. The standard InChI is InChI=1S/C18H21N3O2/c1-23-17-8-4-3-7-15(17)20-14-9-10-19-16(13-14)18(22)21-11-5-2-6-12-21/h3-4,7-10,13H,2,5-6,11-12H2,1H3,(H,19,20). The van der Waals surface area contributed by atoms with Crippen LogP contribution in [0.15, 0.2) is 42.6 Å². The predicted octanol–water partition coefficient (Wildman–Crippen LogP) is 3.46. The third-order valence-electron chi connectivity index (χ3n) is 4.01. The summed E-state index contributed by atoms with van der Waals surface area (Å²) in [6.07, 6.45) is 5.01. The number of likely N-dealkylation sites (tertiary alicyclic amines) is 1. The highest BCUT2D eigenvalue weighted by atomic mass is 16.5. The number of piperidine rings is 1. The molecular formula is C18H21N3O2. The Hall–Kier alpha value is -2.56. The molecule has 0 spiro atoms. The fraction of sp³-hybridized carbons (Fsp3) is 0.333. The van der Waals surface area contributed by atoms with E-state index in [4.69, 9.17) is 4.74 Å². The van der Waals surface area contributed by atoms with E-state index in [0.717, 1.165) is 43.1 Å². The molecule has 5 nitrogen and oxygen atoms in total. The summed E-state index contributed by atoms with van der Waals surface area (Å²) >= 11 is 0. The zero-order valence-corrected chi connectivity index (χ0v) is 13.3. The van der Waals surface area contributed by atoms with Gasteiger partial charge in [0.1, 0.15) is 11.4 Å². The van der Waals surface area contributed by atoms with Gasteiger partial charge in [0.2, 0.25) is 0 Å². The van der Waals surface area contributed by atoms with Crippen molar-refractivity contribution in [3.8, 4) is 5.75 Å². The van der Waals surface area contributed by atoms with Crippen molar-refractivity contribution in [3.63, 3.8) is 0 Å². The third kappa shape index (κ3) is 3.62. The van der Waals surface area contributed by atoms with Gasteiger partial charge in [0.15, 0.2) is 0 Å². The van der Waals surface area contributed by atoms with E-state index in [1.165, 1.54) is 6.42 Å². The Morgan fingerprint density at radius 3 is 2.74 bits per heavy atom. The number of carbonyl (C=O) groups excluding carboxylic acids is 1. The second-order valence-electron chi connectivity index (χ2n) is 5.61. The van der Waals surface area contributed by atoms with E-state index in [0.29, 0.717) is 5.69 Å². The number of nitrogens with zero attached hydrogens (tertiary/aromatic N) is 2. The van der Waals surface area contributed by atoms with Crippen LogP contribution in [0.3, 0.4) is 0 Å². The second-order valence-corrected chi connectivity index (χ2v) is 5.61. The normalized spacial score (nSPS) is 14.4. The van der Waals surface area contributed by atoms with Crippen LogP contribution in [0.25, 0.3) is 0 Å². The van der Waals surface area contributed by atoms with Crippen LogP contribution in [0, 0.1) is 0 Å². The molecule has 5 heteroatoms. The Labute approximate surface area is 136 Å². The summed E-state index contributed by atoms with van der Waals surface area (Å²) in [7, 11) is 1.64. The number of ether oxygens (including phenoxy) is 1. The highest BCUT2D eigenvalue weighted by Crippen LogP contribution is 2.27. The quantitative estimate of drug-likeness (QED) is 0.939. The maximum Gasteiger partial charge on any atom is 0.272 e. The lowest BCUT2D eigenvalue weighted by Gasteiger charge is -2.26. The zero-order chi connectivity index (χ0) is 16.1. The van der Waals surface area contributed by atoms with E-state index in [1.807, 2.05) is 35.2 Å². The minimum absolute atomic E-state index is 0.00776. The molecule has 2 heterocycles. The first-order valence-corrected chi connectivity index (χ1v) is 7.93. The second kappa shape index (κ2) is 7.13. The van der Waals surface area contributed by atoms with E-state index in [9.17, 15) is 4.79 Å². The van der Waals surface area contributed by atoms with Crippen LogP contribution in [-0.2, 0) is 0 Å². The van der Waals surface area contributed by atoms with Crippen molar-refractivity contribution in [1.82, 2.24) is 9.88 Å². The number of para-hydroxylation sites is 2. The lowest BCUT2D eigenvalue weighted by atomic mass is 10.1. The molecule has 0 atom stereocenters. The Balaban J connectivity index is 1.78. The minimum Gasteiger partial charge on any atom is -0.495 e. The molecule has 1 aromatic heterocycles. The van der Waals surface area contributed by atoms with Gasteiger partial charge in [0, 0.05) is 25.0 Å². The van der Waals surface area contributed by atoms with Gasteiger partial charge < -0.3 is 15.0 Å². The fourth-order valence-corrected chi connectivity index (χ4v) is 2.79. The van der Waals surface area contributed by atoms with Crippen LogP contribution in [0.2, 0.25) is 0 Å². The molecule has 0 saturated carbocycles. The van der Waals surface area contributed by atoms with Crippen LogP contribution < -0.4 is 10.1 Å². The Morgan fingerprint density at radius 2 is 1.96 bits per heavy atom. The number of nitrogens with one attached hydrogen (secondary N) is 1. The molecule has 3 rings (SSSR count). The maximum absolute atomic E-state index is 12.5. The molecule has 1 aromatic carbocycles. The number of aromatic nitrogens is 1.